The molecule has 2 aromatic carbocycles. The number of thiophene rings is 1. The van der Waals surface area contributed by atoms with Gasteiger partial charge in [-0.15, -0.1) is 11.3 Å². The Hall–Kier alpha value is -2.43. The Kier molecular flexibility index (Phi) is 4.30. The average molecular weight is 375 g/mol. The van der Waals surface area contributed by atoms with Crippen molar-refractivity contribution in [1.29, 1.82) is 0 Å². The first-order valence-corrected chi connectivity index (χ1v) is 10.5. The summed E-state index contributed by atoms with van der Waals surface area (Å²) >= 11 is 1.76. The van der Waals surface area contributed by atoms with Crippen LogP contribution in [0.1, 0.15) is 27.6 Å². The molecule has 2 heterocycles. The second-order valence-corrected chi connectivity index (χ2v) is 8.38. The SMILES string of the molecule is Cc1ccsc1/C=N/N1CC[NH+](C2c3ccccc3-c3ccccc32)CC1. The third-order valence-corrected chi connectivity index (χ3v) is 6.82. The molecule has 3 nitrogen and oxygen atoms in total. The fraction of sp³-hybridized carbons (Fsp3) is 0.261. The molecular weight excluding hydrogens is 350 g/mol. The summed E-state index contributed by atoms with van der Waals surface area (Å²) in [5.74, 6) is 0. The second kappa shape index (κ2) is 6.95. The van der Waals surface area contributed by atoms with Crippen LogP contribution in [0.5, 0.6) is 0 Å². The van der Waals surface area contributed by atoms with Crippen LogP contribution in [0.15, 0.2) is 65.1 Å². The lowest BCUT2D eigenvalue weighted by atomic mass is 10.0. The number of hydrogen-bond donors (Lipinski definition) is 1. The maximum Gasteiger partial charge on any atom is 0.140 e. The fourth-order valence-electron chi connectivity index (χ4n) is 4.43. The van der Waals surface area contributed by atoms with Crippen molar-refractivity contribution in [2.45, 2.75) is 13.0 Å². The van der Waals surface area contributed by atoms with Crippen LogP contribution in [0.3, 0.4) is 0 Å². The highest BCUT2D eigenvalue weighted by atomic mass is 32.1. The van der Waals surface area contributed by atoms with Crippen molar-refractivity contribution in [2.24, 2.45) is 5.10 Å². The average Bonchev–Trinajstić information content (AvgIpc) is 3.28. The molecule has 1 aliphatic heterocycles. The Labute approximate surface area is 164 Å². The lowest BCUT2D eigenvalue weighted by Crippen LogP contribution is -3.14. The van der Waals surface area contributed by atoms with Gasteiger partial charge < -0.3 is 4.90 Å². The minimum absolute atomic E-state index is 0.461. The fourth-order valence-corrected chi connectivity index (χ4v) is 5.21. The van der Waals surface area contributed by atoms with E-state index >= 15 is 0 Å². The van der Waals surface area contributed by atoms with Crippen molar-refractivity contribution in [2.75, 3.05) is 26.2 Å². The number of hydrazone groups is 1. The van der Waals surface area contributed by atoms with Crippen molar-refractivity contribution in [1.82, 2.24) is 5.01 Å². The molecule has 4 heteroatoms. The number of piperazine rings is 1. The summed E-state index contributed by atoms with van der Waals surface area (Å²) in [6.07, 6.45) is 2.03. The van der Waals surface area contributed by atoms with E-state index in [2.05, 4.69) is 71.9 Å². The van der Waals surface area contributed by atoms with Crippen molar-refractivity contribution >= 4 is 17.6 Å². The van der Waals surface area contributed by atoms with Crippen molar-refractivity contribution in [3.63, 3.8) is 0 Å². The molecule has 1 aliphatic carbocycles. The zero-order valence-electron chi connectivity index (χ0n) is 15.6. The van der Waals surface area contributed by atoms with Crippen LogP contribution in [-0.4, -0.2) is 37.4 Å². The lowest BCUT2D eigenvalue weighted by Gasteiger charge is -2.34. The second-order valence-electron chi connectivity index (χ2n) is 7.43. The van der Waals surface area contributed by atoms with E-state index in [9.17, 15) is 0 Å². The summed E-state index contributed by atoms with van der Waals surface area (Å²) in [5, 5.41) is 9.11. The van der Waals surface area contributed by atoms with Crippen LogP contribution >= 0.6 is 11.3 Å². The van der Waals surface area contributed by atoms with Gasteiger partial charge in [-0.1, -0.05) is 48.5 Å². The Bertz CT molecular complexity index is 937. The van der Waals surface area contributed by atoms with Gasteiger partial charge in [0.1, 0.15) is 6.04 Å². The van der Waals surface area contributed by atoms with Crippen molar-refractivity contribution < 1.29 is 4.90 Å². The van der Waals surface area contributed by atoms with Crippen LogP contribution in [0.25, 0.3) is 11.1 Å². The lowest BCUT2D eigenvalue weighted by molar-refractivity contribution is -0.929. The largest absolute Gasteiger partial charge is 0.322 e. The van der Waals surface area contributed by atoms with Gasteiger partial charge in [-0.2, -0.15) is 5.10 Å². The van der Waals surface area contributed by atoms with E-state index in [1.54, 1.807) is 16.2 Å². The Morgan fingerprint density at radius 1 is 0.963 bits per heavy atom. The summed E-state index contributed by atoms with van der Waals surface area (Å²) in [5.41, 5.74) is 7.12. The molecule has 0 unspecified atom stereocenters. The standard InChI is InChI=1S/C23H23N3S/c1-17-10-15-27-22(17)16-24-26-13-11-25(12-14-26)23-20-8-4-2-6-18(20)19-7-3-5-9-21(19)23/h2-10,15-16,23H,11-14H2,1H3/p+1/b24-16+. The van der Waals surface area contributed by atoms with Gasteiger partial charge in [-0.25, -0.2) is 0 Å². The van der Waals surface area contributed by atoms with Gasteiger partial charge in [-0.3, -0.25) is 5.01 Å². The minimum atomic E-state index is 0.461. The monoisotopic (exact) mass is 374 g/mol. The molecule has 0 atom stereocenters. The highest BCUT2D eigenvalue weighted by molar-refractivity contribution is 7.11. The Morgan fingerprint density at radius 3 is 2.19 bits per heavy atom. The van der Waals surface area contributed by atoms with E-state index in [4.69, 9.17) is 5.10 Å². The molecule has 1 N–H and O–H groups in total. The smallest absolute Gasteiger partial charge is 0.140 e. The van der Waals surface area contributed by atoms with E-state index in [1.807, 2.05) is 6.21 Å². The Morgan fingerprint density at radius 2 is 1.59 bits per heavy atom. The molecule has 3 aromatic rings. The van der Waals surface area contributed by atoms with Crippen LogP contribution in [-0.2, 0) is 0 Å². The van der Waals surface area contributed by atoms with Gasteiger partial charge >= 0.3 is 0 Å². The van der Waals surface area contributed by atoms with Gasteiger partial charge in [-0.05, 0) is 35.1 Å². The maximum atomic E-state index is 4.74. The maximum absolute atomic E-state index is 4.74. The summed E-state index contributed by atoms with van der Waals surface area (Å²) in [6.45, 7) is 6.41. The van der Waals surface area contributed by atoms with E-state index < -0.39 is 0 Å². The molecule has 0 saturated carbocycles. The number of aryl methyl sites for hydroxylation is 1. The topological polar surface area (TPSA) is 20.0 Å². The number of fused-ring (bicyclic) bond motifs is 3. The number of hydrogen-bond acceptors (Lipinski definition) is 3. The molecule has 136 valence electrons. The predicted molar refractivity (Wildman–Crippen MR) is 113 cm³/mol. The Balaban J connectivity index is 1.34. The van der Waals surface area contributed by atoms with Crippen LogP contribution in [0, 0.1) is 6.92 Å². The molecule has 1 saturated heterocycles. The molecule has 2 aliphatic rings. The highest BCUT2D eigenvalue weighted by Crippen LogP contribution is 2.41. The van der Waals surface area contributed by atoms with Gasteiger partial charge in [0.25, 0.3) is 0 Å². The number of rotatable bonds is 3. The van der Waals surface area contributed by atoms with E-state index in [0.29, 0.717) is 6.04 Å². The molecule has 27 heavy (non-hydrogen) atoms. The zero-order valence-corrected chi connectivity index (χ0v) is 16.4. The number of benzene rings is 2. The van der Waals surface area contributed by atoms with Crippen LogP contribution < -0.4 is 4.90 Å². The third-order valence-electron chi connectivity index (χ3n) is 5.86. The first-order valence-electron chi connectivity index (χ1n) is 9.67. The van der Waals surface area contributed by atoms with Crippen molar-refractivity contribution in [3.8, 4) is 11.1 Å². The molecule has 0 amide bonds. The quantitative estimate of drug-likeness (QED) is 0.697. The molecule has 1 aromatic heterocycles. The molecule has 5 rings (SSSR count). The summed E-state index contributed by atoms with van der Waals surface area (Å²) in [7, 11) is 0. The number of nitrogens with zero attached hydrogens (tertiary/aromatic N) is 2. The molecule has 0 spiro atoms. The summed E-state index contributed by atoms with van der Waals surface area (Å²) in [4.78, 5) is 2.93. The minimum Gasteiger partial charge on any atom is -0.322 e. The molecule has 0 radical (unpaired) electrons. The van der Waals surface area contributed by atoms with Gasteiger partial charge in [0.15, 0.2) is 0 Å². The van der Waals surface area contributed by atoms with Crippen LogP contribution in [0.4, 0.5) is 0 Å². The van der Waals surface area contributed by atoms with Gasteiger partial charge in [0, 0.05) is 16.0 Å². The molecular formula is C23H24N3S+. The number of nitrogens with one attached hydrogen (secondary N) is 1. The zero-order chi connectivity index (χ0) is 18.2. The highest BCUT2D eigenvalue weighted by Gasteiger charge is 2.37. The van der Waals surface area contributed by atoms with E-state index in [-0.39, 0.29) is 0 Å². The first kappa shape index (κ1) is 16.7. The van der Waals surface area contributed by atoms with E-state index in [0.717, 1.165) is 26.2 Å². The summed E-state index contributed by atoms with van der Waals surface area (Å²) in [6, 6.07) is 20.5. The van der Waals surface area contributed by atoms with Crippen LogP contribution in [0.2, 0.25) is 0 Å². The van der Waals surface area contributed by atoms with Gasteiger partial charge in [0.05, 0.1) is 32.4 Å². The molecule has 0 bridgehead atoms. The van der Waals surface area contributed by atoms with Gasteiger partial charge in [0.2, 0.25) is 0 Å². The summed E-state index contributed by atoms with van der Waals surface area (Å²) < 4.78 is 0. The number of quaternary nitrogens is 1. The van der Waals surface area contributed by atoms with Crippen molar-refractivity contribution in [3.05, 3.63) is 81.5 Å². The molecule has 1 fully saturated rings. The normalized spacial score (nSPS) is 17.4. The third kappa shape index (κ3) is 2.99. The first-order chi connectivity index (χ1) is 13.3. The predicted octanol–water partition coefficient (Wildman–Crippen LogP) is 3.36. The van der Waals surface area contributed by atoms with E-state index in [1.165, 1.54) is 32.7 Å².